The predicted octanol–water partition coefficient (Wildman–Crippen LogP) is 0.295. The van der Waals surface area contributed by atoms with Crippen molar-refractivity contribution in [3.63, 3.8) is 0 Å². The molecule has 0 unspecified atom stereocenters. The Bertz CT molecular complexity index is 789. The number of nitrogens with one attached hydrogen (secondary N) is 1. The lowest BCUT2D eigenvalue weighted by atomic mass is 10.1. The van der Waals surface area contributed by atoms with Gasteiger partial charge in [0, 0.05) is 32.4 Å². The number of hydrogen-bond donors (Lipinski definition) is 2. The number of aryl methyl sites for hydroxylation is 1. The molecular formula is C18H23F3N4O5. The van der Waals surface area contributed by atoms with Gasteiger partial charge in [-0.1, -0.05) is 6.07 Å². The van der Waals surface area contributed by atoms with Gasteiger partial charge in [-0.25, -0.2) is 9.78 Å². The van der Waals surface area contributed by atoms with Gasteiger partial charge in [-0.2, -0.15) is 13.2 Å². The number of carbonyl (C=O) groups excluding carboxylic acids is 2. The number of carboxylic acid groups (broad SMARTS) is 1. The molecule has 30 heavy (non-hydrogen) atoms. The SMILES string of the molecule is CNC(=O)CN1CCO[C@H]2CN(C(=O)c3cccc(C)n3)C[C@H]21.O=C(O)C(F)(F)F. The summed E-state index contributed by atoms with van der Waals surface area (Å²) in [4.78, 5) is 41.4. The second-order valence-corrected chi connectivity index (χ2v) is 6.80. The molecule has 2 fully saturated rings. The van der Waals surface area contributed by atoms with Crippen LogP contribution in [0.1, 0.15) is 16.2 Å². The molecular weight excluding hydrogens is 409 g/mol. The Balaban J connectivity index is 0.000000396. The molecule has 1 aromatic heterocycles. The highest BCUT2D eigenvalue weighted by molar-refractivity contribution is 5.92. The molecule has 3 heterocycles. The number of rotatable bonds is 3. The van der Waals surface area contributed by atoms with Gasteiger partial charge in [0.15, 0.2) is 0 Å². The summed E-state index contributed by atoms with van der Waals surface area (Å²) in [7, 11) is 1.63. The van der Waals surface area contributed by atoms with Gasteiger partial charge in [-0.05, 0) is 19.1 Å². The molecule has 2 N–H and O–H groups in total. The van der Waals surface area contributed by atoms with Crippen molar-refractivity contribution in [2.24, 2.45) is 0 Å². The summed E-state index contributed by atoms with van der Waals surface area (Å²) in [6.07, 6.45) is -5.12. The molecule has 0 aromatic carbocycles. The Hall–Kier alpha value is -2.73. The van der Waals surface area contributed by atoms with Gasteiger partial charge in [-0.3, -0.25) is 14.5 Å². The number of aliphatic carboxylic acids is 1. The predicted molar refractivity (Wildman–Crippen MR) is 97.7 cm³/mol. The number of amides is 2. The molecule has 0 radical (unpaired) electrons. The number of carboxylic acids is 1. The third-order valence-electron chi connectivity index (χ3n) is 4.68. The molecule has 0 saturated carbocycles. The minimum atomic E-state index is -5.08. The van der Waals surface area contributed by atoms with Gasteiger partial charge in [0.2, 0.25) is 5.91 Å². The summed E-state index contributed by atoms with van der Waals surface area (Å²) < 4.78 is 37.5. The zero-order valence-electron chi connectivity index (χ0n) is 16.5. The average molecular weight is 432 g/mol. The number of carbonyl (C=O) groups is 3. The van der Waals surface area contributed by atoms with E-state index in [4.69, 9.17) is 14.6 Å². The van der Waals surface area contributed by atoms with Crippen molar-refractivity contribution in [2.45, 2.75) is 25.2 Å². The number of likely N-dealkylation sites (N-methyl/N-ethyl adjacent to an activating group) is 1. The third-order valence-corrected chi connectivity index (χ3v) is 4.68. The average Bonchev–Trinajstić information content (AvgIpc) is 3.12. The van der Waals surface area contributed by atoms with Crippen molar-refractivity contribution < 1.29 is 37.4 Å². The Kier molecular flexibility index (Phi) is 7.73. The first-order chi connectivity index (χ1) is 14.0. The molecule has 0 spiro atoms. The van der Waals surface area contributed by atoms with Gasteiger partial charge in [0.05, 0.1) is 25.3 Å². The van der Waals surface area contributed by atoms with Crippen molar-refractivity contribution in [3.05, 3.63) is 29.6 Å². The van der Waals surface area contributed by atoms with E-state index in [-0.39, 0.29) is 24.0 Å². The Morgan fingerprint density at radius 1 is 1.30 bits per heavy atom. The summed E-state index contributed by atoms with van der Waals surface area (Å²) in [6, 6.07) is 5.51. The summed E-state index contributed by atoms with van der Waals surface area (Å²) in [5, 5.41) is 9.77. The first-order valence-corrected chi connectivity index (χ1v) is 9.12. The number of nitrogens with zero attached hydrogens (tertiary/aromatic N) is 3. The Morgan fingerprint density at radius 2 is 1.97 bits per heavy atom. The maximum atomic E-state index is 12.6. The zero-order valence-corrected chi connectivity index (χ0v) is 16.5. The fourth-order valence-electron chi connectivity index (χ4n) is 3.21. The van der Waals surface area contributed by atoms with E-state index in [0.717, 1.165) is 5.69 Å². The first kappa shape index (κ1) is 23.5. The van der Waals surface area contributed by atoms with Crippen molar-refractivity contribution in [2.75, 3.05) is 39.8 Å². The van der Waals surface area contributed by atoms with Crippen LogP contribution in [0, 0.1) is 6.92 Å². The van der Waals surface area contributed by atoms with Crippen LogP contribution < -0.4 is 5.32 Å². The first-order valence-electron chi connectivity index (χ1n) is 9.12. The maximum Gasteiger partial charge on any atom is 0.490 e. The maximum absolute atomic E-state index is 12.6. The second kappa shape index (κ2) is 9.85. The highest BCUT2D eigenvalue weighted by Gasteiger charge is 2.42. The van der Waals surface area contributed by atoms with E-state index in [2.05, 4.69) is 15.2 Å². The highest BCUT2D eigenvalue weighted by atomic mass is 19.4. The summed E-state index contributed by atoms with van der Waals surface area (Å²) in [6.45, 7) is 4.61. The molecule has 12 heteroatoms. The quantitative estimate of drug-likeness (QED) is 0.706. The van der Waals surface area contributed by atoms with Crippen LogP contribution in [0.5, 0.6) is 0 Å². The van der Waals surface area contributed by atoms with E-state index >= 15 is 0 Å². The fourth-order valence-corrected chi connectivity index (χ4v) is 3.21. The number of fused-ring (bicyclic) bond motifs is 1. The number of ether oxygens (including phenoxy) is 1. The molecule has 2 aliphatic heterocycles. The zero-order chi connectivity index (χ0) is 22.5. The van der Waals surface area contributed by atoms with Gasteiger partial charge >= 0.3 is 12.1 Å². The van der Waals surface area contributed by atoms with Crippen molar-refractivity contribution >= 4 is 17.8 Å². The van der Waals surface area contributed by atoms with Crippen molar-refractivity contribution in [1.82, 2.24) is 20.1 Å². The summed E-state index contributed by atoms with van der Waals surface area (Å²) >= 11 is 0. The number of pyridine rings is 1. The lowest BCUT2D eigenvalue weighted by Crippen LogP contribution is -2.53. The number of aromatic nitrogens is 1. The van der Waals surface area contributed by atoms with E-state index in [9.17, 15) is 22.8 Å². The van der Waals surface area contributed by atoms with Crippen molar-refractivity contribution in [3.8, 4) is 0 Å². The van der Waals surface area contributed by atoms with Crippen LogP contribution in [-0.2, 0) is 14.3 Å². The monoisotopic (exact) mass is 432 g/mol. The Morgan fingerprint density at radius 3 is 2.53 bits per heavy atom. The molecule has 1 aromatic rings. The third kappa shape index (κ3) is 6.13. The van der Waals surface area contributed by atoms with Crippen LogP contribution in [0.2, 0.25) is 0 Å². The molecule has 0 aliphatic carbocycles. The van der Waals surface area contributed by atoms with Gasteiger partial charge in [0.1, 0.15) is 5.69 Å². The molecule has 166 valence electrons. The topological polar surface area (TPSA) is 112 Å². The largest absolute Gasteiger partial charge is 0.490 e. The number of morpholine rings is 1. The van der Waals surface area contributed by atoms with Crippen LogP contribution in [0.15, 0.2) is 18.2 Å². The van der Waals surface area contributed by atoms with Gasteiger partial charge in [0.25, 0.3) is 5.91 Å². The van der Waals surface area contributed by atoms with Crippen LogP contribution >= 0.6 is 0 Å². The van der Waals surface area contributed by atoms with Crippen LogP contribution in [0.4, 0.5) is 13.2 Å². The van der Waals surface area contributed by atoms with Crippen molar-refractivity contribution in [1.29, 1.82) is 0 Å². The van der Waals surface area contributed by atoms with Gasteiger partial charge in [-0.15, -0.1) is 0 Å². The lowest BCUT2D eigenvalue weighted by molar-refractivity contribution is -0.192. The number of hydrogen-bond acceptors (Lipinski definition) is 6. The molecule has 2 aliphatic rings. The smallest absolute Gasteiger partial charge is 0.475 e. The van der Waals surface area contributed by atoms with E-state index in [1.54, 1.807) is 18.0 Å². The molecule has 3 rings (SSSR count). The minimum Gasteiger partial charge on any atom is -0.475 e. The number of halogens is 3. The molecule has 2 atom stereocenters. The summed E-state index contributed by atoms with van der Waals surface area (Å²) in [5.74, 6) is -2.85. The fraction of sp³-hybridized carbons (Fsp3) is 0.556. The molecule has 2 amide bonds. The normalized spacial score (nSPS) is 21.3. The highest BCUT2D eigenvalue weighted by Crippen LogP contribution is 2.24. The van der Waals surface area contributed by atoms with E-state index in [0.29, 0.717) is 38.5 Å². The molecule has 9 nitrogen and oxygen atoms in total. The number of alkyl halides is 3. The minimum absolute atomic E-state index is 0.0178. The number of likely N-dealkylation sites (tertiary alicyclic amines) is 1. The standard InChI is InChI=1S/C16H22N4O3.C2HF3O2/c1-11-4-3-5-12(18-11)16(22)20-8-13-14(9-20)23-7-6-19(13)10-15(21)17-2;3-2(4,5)1(6)7/h3-5,13-14H,6-10H2,1-2H3,(H,17,21);(H,6,7)/t13-,14+;/m1./s1. The molecule has 2 saturated heterocycles. The van der Waals surface area contributed by atoms with E-state index < -0.39 is 12.1 Å². The van der Waals surface area contributed by atoms with E-state index in [1.807, 2.05) is 19.1 Å². The van der Waals surface area contributed by atoms with E-state index in [1.165, 1.54) is 0 Å². The van der Waals surface area contributed by atoms with Crippen LogP contribution in [0.3, 0.4) is 0 Å². The Labute approximate surface area is 170 Å². The lowest BCUT2D eigenvalue weighted by Gasteiger charge is -2.35. The summed E-state index contributed by atoms with van der Waals surface area (Å²) in [5.41, 5.74) is 1.28. The second-order valence-electron chi connectivity index (χ2n) is 6.80. The van der Waals surface area contributed by atoms with Gasteiger partial charge < -0.3 is 20.1 Å². The molecule has 0 bridgehead atoms. The van der Waals surface area contributed by atoms with Crippen LogP contribution in [0.25, 0.3) is 0 Å². The van der Waals surface area contributed by atoms with Crippen LogP contribution in [-0.4, -0.2) is 95.8 Å².